The Hall–Kier alpha value is -1.77. The van der Waals surface area contributed by atoms with Crippen LogP contribution in [0.5, 0.6) is 0 Å². The van der Waals surface area contributed by atoms with E-state index in [0.717, 1.165) is 18.2 Å². The van der Waals surface area contributed by atoms with Crippen molar-refractivity contribution in [2.45, 2.75) is 18.5 Å². The Morgan fingerprint density at radius 1 is 1.26 bits per heavy atom. The van der Waals surface area contributed by atoms with Gasteiger partial charge < -0.3 is 4.90 Å². The lowest BCUT2D eigenvalue weighted by atomic mass is 10.1. The fourth-order valence-corrected chi connectivity index (χ4v) is 2.03. The first kappa shape index (κ1) is 13.7. The molecule has 0 spiro atoms. The van der Waals surface area contributed by atoms with Gasteiger partial charge >= 0.3 is 6.18 Å². The summed E-state index contributed by atoms with van der Waals surface area (Å²) in [5.41, 5.74) is -0.670. The lowest BCUT2D eigenvalue weighted by Crippen LogP contribution is -2.25. The van der Waals surface area contributed by atoms with E-state index in [4.69, 9.17) is 6.42 Å². The zero-order valence-electron chi connectivity index (χ0n) is 9.77. The van der Waals surface area contributed by atoms with Crippen LogP contribution in [0.15, 0.2) is 18.2 Å². The van der Waals surface area contributed by atoms with Gasteiger partial charge in [-0.05, 0) is 18.2 Å². The summed E-state index contributed by atoms with van der Waals surface area (Å²) in [6.45, 7) is -0.619. The highest BCUT2D eigenvalue weighted by Crippen LogP contribution is 2.36. The summed E-state index contributed by atoms with van der Waals surface area (Å²) in [4.78, 5) is 1.20. The minimum atomic E-state index is -4.52. The number of terminal acetylenes is 1. The maximum absolute atomic E-state index is 13.1. The summed E-state index contributed by atoms with van der Waals surface area (Å²) in [5.74, 6) is -0.664. The zero-order chi connectivity index (χ0) is 14.3. The van der Waals surface area contributed by atoms with Crippen LogP contribution < -0.4 is 4.90 Å². The van der Waals surface area contributed by atoms with Crippen LogP contribution in [0.3, 0.4) is 0 Å². The predicted molar refractivity (Wildman–Crippen MR) is 61.2 cm³/mol. The molecule has 6 heteroatoms. The molecule has 1 aromatic carbocycles. The number of anilines is 1. The van der Waals surface area contributed by atoms with Crippen LogP contribution in [-0.4, -0.2) is 19.0 Å². The molecule has 0 atom stereocenters. The molecule has 1 fully saturated rings. The van der Waals surface area contributed by atoms with E-state index in [0.29, 0.717) is 0 Å². The van der Waals surface area contributed by atoms with Gasteiger partial charge in [-0.15, -0.1) is 6.42 Å². The molecule has 0 bridgehead atoms. The average molecular weight is 275 g/mol. The Labute approximate surface area is 107 Å². The zero-order valence-corrected chi connectivity index (χ0v) is 9.77. The van der Waals surface area contributed by atoms with Crippen molar-refractivity contribution in [3.8, 4) is 12.3 Å². The van der Waals surface area contributed by atoms with Gasteiger partial charge in [-0.1, -0.05) is 5.92 Å². The van der Waals surface area contributed by atoms with Crippen molar-refractivity contribution >= 4 is 5.69 Å². The third-order valence-electron chi connectivity index (χ3n) is 2.99. The summed E-state index contributed by atoms with van der Waals surface area (Å²) in [5, 5.41) is 0. The Kier molecular flexibility index (Phi) is 3.17. The standard InChI is InChI=1S/C13H10F5N/c1-2-9-3-4-10(13(16,17)18)7-11(9)19-6-5-12(14,15)8-19/h1,3-4,7H,5-6,8H2. The fourth-order valence-electron chi connectivity index (χ4n) is 2.03. The molecule has 0 aliphatic carbocycles. The number of hydrogen-bond acceptors (Lipinski definition) is 1. The average Bonchev–Trinajstić information content (AvgIpc) is 2.67. The maximum atomic E-state index is 13.1. The summed E-state index contributed by atoms with van der Waals surface area (Å²) in [6.07, 6.45) is 0.294. The molecular formula is C13H10F5N. The smallest absolute Gasteiger partial charge is 0.364 e. The van der Waals surface area contributed by atoms with E-state index in [1.165, 1.54) is 4.90 Å². The highest BCUT2D eigenvalue weighted by molar-refractivity contribution is 5.62. The van der Waals surface area contributed by atoms with E-state index in [9.17, 15) is 22.0 Å². The van der Waals surface area contributed by atoms with Gasteiger partial charge in [-0.25, -0.2) is 8.78 Å². The van der Waals surface area contributed by atoms with Gasteiger partial charge in [-0.2, -0.15) is 13.2 Å². The fraction of sp³-hybridized carbons (Fsp3) is 0.385. The molecule has 1 aliphatic heterocycles. The predicted octanol–water partition coefficient (Wildman–Crippen LogP) is 3.53. The largest absolute Gasteiger partial charge is 0.416 e. The van der Waals surface area contributed by atoms with Gasteiger partial charge in [0.15, 0.2) is 0 Å². The summed E-state index contributed by atoms with van der Waals surface area (Å²) in [6, 6.07) is 2.82. The third kappa shape index (κ3) is 2.80. The second-order valence-electron chi connectivity index (χ2n) is 4.40. The van der Waals surface area contributed by atoms with E-state index in [1.807, 2.05) is 0 Å². The van der Waals surface area contributed by atoms with Crippen LogP contribution in [0, 0.1) is 12.3 Å². The number of benzene rings is 1. The van der Waals surface area contributed by atoms with Crippen molar-refractivity contribution in [1.29, 1.82) is 0 Å². The van der Waals surface area contributed by atoms with Crippen LogP contribution in [0.25, 0.3) is 0 Å². The highest BCUT2D eigenvalue weighted by Gasteiger charge is 2.39. The Morgan fingerprint density at radius 3 is 2.42 bits per heavy atom. The van der Waals surface area contributed by atoms with Gasteiger partial charge in [0.05, 0.1) is 17.8 Å². The molecule has 0 N–H and O–H groups in total. The third-order valence-corrected chi connectivity index (χ3v) is 2.99. The summed E-state index contributed by atoms with van der Waals surface area (Å²) >= 11 is 0. The van der Waals surface area contributed by atoms with E-state index in [-0.39, 0.29) is 24.2 Å². The second-order valence-corrected chi connectivity index (χ2v) is 4.40. The van der Waals surface area contributed by atoms with E-state index >= 15 is 0 Å². The van der Waals surface area contributed by atoms with E-state index < -0.39 is 24.2 Å². The van der Waals surface area contributed by atoms with Crippen molar-refractivity contribution in [2.24, 2.45) is 0 Å². The second kappa shape index (κ2) is 4.41. The molecule has 0 saturated carbocycles. The number of hydrogen-bond donors (Lipinski definition) is 0. The molecule has 1 aliphatic rings. The molecule has 19 heavy (non-hydrogen) atoms. The molecule has 1 saturated heterocycles. The van der Waals surface area contributed by atoms with Crippen molar-refractivity contribution in [2.75, 3.05) is 18.0 Å². The lowest BCUT2D eigenvalue weighted by Gasteiger charge is -2.21. The lowest BCUT2D eigenvalue weighted by molar-refractivity contribution is -0.137. The number of nitrogens with zero attached hydrogens (tertiary/aromatic N) is 1. The molecule has 1 aromatic rings. The van der Waals surface area contributed by atoms with Crippen molar-refractivity contribution in [3.05, 3.63) is 29.3 Å². The first-order valence-corrected chi connectivity index (χ1v) is 5.53. The SMILES string of the molecule is C#Cc1ccc(C(F)(F)F)cc1N1CCC(F)(F)C1. The Bertz CT molecular complexity index is 527. The number of halogens is 5. The molecule has 0 aromatic heterocycles. The molecule has 0 radical (unpaired) electrons. The topological polar surface area (TPSA) is 3.24 Å². The molecule has 2 rings (SSSR count). The molecule has 1 nitrogen and oxygen atoms in total. The van der Waals surface area contributed by atoms with Gasteiger partial charge in [0.2, 0.25) is 0 Å². The van der Waals surface area contributed by atoms with Crippen LogP contribution in [-0.2, 0) is 6.18 Å². The van der Waals surface area contributed by atoms with Gasteiger partial charge in [0.1, 0.15) is 0 Å². The highest BCUT2D eigenvalue weighted by atomic mass is 19.4. The maximum Gasteiger partial charge on any atom is 0.416 e. The number of rotatable bonds is 1. The van der Waals surface area contributed by atoms with Crippen LogP contribution in [0.4, 0.5) is 27.6 Å². The van der Waals surface area contributed by atoms with Crippen molar-refractivity contribution < 1.29 is 22.0 Å². The number of alkyl halides is 5. The van der Waals surface area contributed by atoms with Crippen LogP contribution in [0.1, 0.15) is 17.5 Å². The first-order chi connectivity index (χ1) is 8.73. The monoisotopic (exact) mass is 275 g/mol. The molecule has 102 valence electrons. The summed E-state index contributed by atoms with van der Waals surface area (Å²) in [7, 11) is 0. The van der Waals surface area contributed by atoms with Crippen molar-refractivity contribution in [1.82, 2.24) is 0 Å². The van der Waals surface area contributed by atoms with Crippen LogP contribution >= 0.6 is 0 Å². The van der Waals surface area contributed by atoms with E-state index in [1.54, 1.807) is 0 Å². The quantitative estimate of drug-likeness (QED) is 0.560. The summed E-state index contributed by atoms with van der Waals surface area (Å²) < 4.78 is 64.1. The molecule has 0 amide bonds. The Balaban J connectivity index is 2.41. The van der Waals surface area contributed by atoms with Gasteiger partial charge in [0.25, 0.3) is 5.92 Å². The molecular weight excluding hydrogens is 265 g/mol. The van der Waals surface area contributed by atoms with E-state index in [2.05, 4.69) is 5.92 Å². The molecule has 0 unspecified atom stereocenters. The van der Waals surface area contributed by atoms with Gasteiger partial charge in [0, 0.05) is 18.5 Å². The first-order valence-electron chi connectivity index (χ1n) is 5.53. The van der Waals surface area contributed by atoms with Crippen LogP contribution in [0.2, 0.25) is 0 Å². The minimum Gasteiger partial charge on any atom is -0.364 e. The van der Waals surface area contributed by atoms with Crippen molar-refractivity contribution in [3.63, 3.8) is 0 Å². The molecule has 1 heterocycles. The van der Waals surface area contributed by atoms with Gasteiger partial charge in [-0.3, -0.25) is 0 Å². The Morgan fingerprint density at radius 2 is 1.95 bits per heavy atom. The normalized spacial score (nSPS) is 18.4. The minimum absolute atomic E-state index is 0.0109.